The highest BCUT2D eigenvalue weighted by Gasteiger charge is 1.92. The Bertz CT molecular complexity index is 368. The van der Waals surface area contributed by atoms with Crippen LogP contribution < -0.4 is 0 Å². The van der Waals surface area contributed by atoms with Gasteiger partial charge in [-0.2, -0.15) is 0 Å². The predicted octanol–water partition coefficient (Wildman–Crippen LogP) is 6.24. The van der Waals surface area contributed by atoms with Crippen molar-refractivity contribution in [1.82, 2.24) is 0 Å². The van der Waals surface area contributed by atoms with Crippen LogP contribution in [0.3, 0.4) is 0 Å². The maximum Gasteiger partial charge on any atom is 0.192 e. The second-order valence-corrected chi connectivity index (χ2v) is 5.95. The lowest BCUT2D eigenvalue weighted by molar-refractivity contribution is 0.915. The van der Waals surface area contributed by atoms with Crippen LogP contribution in [-0.4, -0.2) is 11.2 Å². The number of halogens is 2. The molecule has 1 nitrogen and oxygen atoms in total. The van der Waals surface area contributed by atoms with Crippen LogP contribution >= 0.6 is 23.2 Å². The molecule has 0 atom stereocenters. The van der Waals surface area contributed by atoms with Crippen molar-refractivity contribution in [3.63, 3.8) is 0 Å². The Morgan fingerprint density at radius 2 is 1.37 bits per heavy atom. The van der Waals surface area contributed by atoms with E-state index in [-0.39, 0.29) is 4.63 Å². The normalized spacial score (nSPS) is 12.3. The van der Waals surface area contributed by atoms with Gasteiger partial charge in [-0.3, -0.25) is 4.99 Å². The van der Waals surface area contributed by atoms with Gasteiger partial charge in [-0.05, 0) is 76.6 Å². The SMILES string of the molecule is CC(C)=CCC/C(C)=C/CC/C(C)=C/CN=C(Cl)Cl. The second-order valence-electron chi connectivity index (χ2n) is 5.04. The zero-order chi connectivity index (χ0) is 14.7. The molecule has 108 valence electrons. The van der Waals surface area contributed by atoms with Gasteiger partial charge in [0.05, 0.1) is 6.54 Å². The molecule has 0 N–H and O–H groups in total. The largest absolute Gasteiger partial charge is 0.259 e. The molecule has 0 aliphatic heterocycles. The highest BCUT2D eigenvalue weighted by Crippen LogP contribution is 2.11. The van der Waals surface area contributed by atoms with Gasteiger partial charge in [-0.15, -0.1) is 0 Å². The molecule has 0 spiro atoms. The van der Waals surface area contributed by atoms with Crippen molar-refractivity contribution in [3.05, 3.63) is 34.9 Å². The molecule has 0 amide bonds. The Morgan fingerprint density at radius 3 is 1.89 bits per heavy atom. The Morgan fingerprint density at radius 1 is 0.842 bits per heavy atom. The summed E-state index contributed by atoms with van der Waals surface area (Å²) < 4.78 is 0.0964. The predicted molar refractivity (Wildman–Crippen MR) is 89.4 cm³/mol. The van der Waals surface area contributed by atoms with Gasteiger partial charge >= 0.3 is 0 Å². The fraction of sp³-hybridized carbons (Fsp3) is 0.562. The Labute approximate surface area is 128 Å². The molecule has 0 radical (unpaired) electrons. The van der Waals surface area contributed by atoms with Gasteiger partial charge in [0.25, 0.3) is 0 Å². The van der Waals surface area contributed by atoms with Crippen molar-refractivity contribution in [1.29, 1.82) is 0 Å². The van der Waals surface area contributed by atoms with E-state index in [4.69, 9.17) is 23.2 Å². The summed E-state index contributed by atoms with van der Waals surface area (Å²) in [4.78, 5) is 3.91. The molecule has 0 aliphatic rings. The molecule has 0 saturated carbocycles. The van der Waals surface area contributed by atoms with Crippen LogP contribution in [0.15, 0.2) is 39.9 Å². The van der Waals surface area contributed by atoms with Gasteiger partial charge in [-0.25, -0.2) is 0 Å². The monoisotopic (exact) mass is 301 g/mol. The number of hydrogen-bond acceptors (Lipinski definition) is 1. The summed E-state index contributed by atoms with van der Waals surface area (Å²) in [6.45, 7) is 9.17. The highest BCUT2D eigenvalue weighted by molar-refractivity contribution is 6.95. The van der Waals surface area contributed by atoms with E-state index >= 15 is 0 Å². The molecule has 0 aromatic carbocycles. The lowest BCUT2D eigenvalue weighted by Gasteiger charge is -2.01. The van der Waals surface area contributed by atoms with E-state index in [1.807, 2.05) is 0 Å². The Hall–Kier alpha value is -0.530. The average Bonchev–Trinajstić information content (AvgIpc) is 2.27. The van der Waals surface area contributed by atoms with Gasteiger partial charge in [0.2, 0.25) is 0 Å². The molecule has 0 aliphatic carbocycles. The summed E-state index contributed by atoms with van der Waals surface area (Å²) in [5.74, 6) is 0. The van der Waals surface area contributed by atoms with Crippen molar-refractivity contribution in [2.75, 3.05) is 6.54 Å². The first kappa shape index (κ1) is 18.5. The quantitative estimate of drug-likeness (QED) is 0.372. The molecule has 19 heavy (non-hydrogen) atoms. The van der Waals surface area contributed by atoms with Crippen molar-refractivity contribution in [2.45, 2.75) is 53.4 Å². The molecule has 0 fully saturated rings. The van der Waals surface area contributed by atoms with Crippen molar-refractivity contribution in [3.8, 4) is 0 Å². The first-order valence-corrected chi connectivity index (χ1v) is 7.47. The van der Waals surface area contributed by atoms with Crippen LogP contribution in [0.1, 0.15) is 53.4 Å². The first-order valence-electron chi connectivity index (χ1n) is 6.72. The van der Waals surface area contributed by atoms with Crippen molar-refractivity contribution in [2.24, 2.45) is 4.99 Å². The number of hydrogen-bond donors (Lipinski definition) is 0. The third-order valence-electron chi connectivity index (χ3n) is 2.77. The third kappa shape index (κ3) is 13.7. The molecule has 0 aromatic rings. The van der Waals surface area contributed by atoms with E-state index in [0.29, 0.717) is 6.54 Å². The van der Waals surface area contributed by atoms with E-state index in [1.165, 1.54) is 16.7 Å². The average molecular weight is 302 g/mol. The lowest BCUT2D eigenvalue weighted by atomic mass is 10.1. The van der Waals surface area contributed by atoms with E-state index in [1.54, 1.807) is 0 Å². The Kier molecular flexibility index (Phi) is 11.0. The topological polar surface area (TPSA) is 12.4 Å². The van der Waals surface area contributed by atoms with Gasteiger partial charge in [0.15, 0.2) is 4.63 Å². The molecule has 0 aromatic heterocycles. The fourth-order valence-corrected chi connectivity index (χ4v) is 1.75. The summed E-state index contributed by atoms with van der Waals surface area (Å²) in [7, 11) is 0. The fourth-order valence-electron chi connectivity index (χ4n) is 1.61. The number of allylic oxidation sites excluding steroid dienone is 5. The minimum Gasteiger partial charge on any atom is -0.259 e. The summed E-state index contributed by atoms with van der Waals surface area (Å²) in [6.07, 6.45) is 11.1. The molecular formula is C16H25Cl2N. The summed E-state index contributed by atoms with van der Waals surface area (Å²) in [6, 6.07) is 0. The van der Waals surface area contributed by atoms with Crippen LogP contribution in [-0.2, 0) is 0 Å². The van der Waals surface area contributed by atoms with E-state index in [2.05, 4.69) is 50.9 Å². The first-order chi connectivity index (χ1) is 8.91. The lowest BCUT2D eigenvalue weighted by Crippen LogP contribution is -1.83. The zero-order valence-electron chi connectivity index (χ0n) is 12.5. The molecule has 3 heteroatoms. The van der Waals surface area contributed by atoms with E-state index in [9.17, 15) is 0 Å². The van der Waals surface area contributed by atoms with Crippen LogP contribution in [0.5, 0.6) is 0 Å². The van der Waals surface area contributed by atoms with Gasteiger partial charge in [0.1, 0.15) is 0 Å². The summed E-state index contributed by atoms with van der Waals surface area (Å²) in [5, 5.41) is 0. The van der Waals surface area contributed by atoms with Gasteiger partial charge in [0, 0.05) is 0 Å². The van der Waals surface area contributed by atoms with Crippen molar-refractivity contribution >= 4 is 27.8 Å². The number of rotatable bonds is 8. The minimum atomic E-state index is 0.0964. The van der Waals surface area contributed by atoms with Crippen LogP contribution in [0.25, 0.3) is 0 Å². The van der Waals surface area contributed by atoms with E-state index < -0.39 is 0 Å². The molecule has 0 unspecified atom stereocenters. The minimum absolute atomic E-state index is 0.0964. The summed E-state index contributed by atoms with van der Waals surface area (Å²) >= 11 is 10.9. The van der Waals surface area contributed by atoms with E-state index in [0.717, 1.165) is 25.7 Å². The third-order valence-corrected chi connectivity index (χ3v) is 3.01. The molecule has 0 bridgehead atoms. The van der Waals surface area contributed by atoms with Gasteiger partial charge < -0.3 is 0 Å². The Balaban J connectivity index is 3.93. The molecular weight excluding hydrogens is 277 g/mol. The van der Waals surface area contributed by atoms with Crippen LogP contribution in [0, 0.1) is 0 Å². The van der Waals surface area contributed by atoms with Crippen LogP contribution in [0.4, 0.5) is 0 Å². The maximum atomic E-state index is 5.45. The standard InChI is InChI=1S/C16H25Cl2N/c1-13(2)7-5-8-14(3)9-6-10-15(4)11-12-19-16(17)18/h7,9,11H,5-6,8,10,12H2,1-4H3/b14-9+,15-11+. The highest BCUT2D eigenvalue weighted by atomic mass is 35.5. The molecule has 0 saturated heterocycles. The number of aliphatic imine (C=N–C) groups is 1. The van der Waals surface area contributed by atoms with Crippen molar-refractivity contribution < 1.29 is 0 Å². The smallest absolute Gasteiger partial charge is 0.192 e. The molecule has 0 rings (SSSR count). The zero-order valence-corrected chi connectivity index (χ0v) is 14.0. The van der Waals surface area contributed by atoms with Crippen LogP contribution in [0.2, 0.25) is 0 Å². The maximum absolute atomic E-state index is 5.45. The molecule has 0 heterocycles. The number of nitrogens with zero attached hydrogens (tertiary/aromatic N) is 1. The van der Waals surface area contributed by atoms with Gasteiger partial charge in [-0.1, -0.05) is 34.9 Å². The second kappa shape index (κ2) is 11.3. The summed E-state index contributed by atoms with van der Waals surface area (Å²) in [5.41, 5.74) is 4.18.